The summed E-state index contributed by atoms with van der Waals surface area (Å²) in [7, 11) is 0. The molecule has 0 heterocycles. The molecule has 0 N–H and O–H groups in total. The lowest BCUT2D eigenvalue weighted by atomic mass is 10.00. The Labute approximate surface area is 137 Å². The molecule has 0 aromatic heterocycles. The second-order valence-electron chi connectivity index (χ2n) is 4.93. The zero-order chi connectivity index (χ0) is 16.2. The number of aliphatic imine (C=N–C) groups is 1. The molecule has 0 atom stereocenters. The molecule has 0 bridgehead atoms. The Morgan fingerprint density at radius 1 is 0.696 bits per heavy atom. The standard InChI is InChI=1S/C19H11F2NS/c20-17-10-16(11-18(21)19(17)22-12-23)15-8-6-14(7-9-15)13-4-2-1-3-5-13/h1-11H. The topological polar surface area (TPSA) is 12.4 Å². The van der Waals surface area contributed by atoms with Crippen molar-refractivity contribution < 1.29 is 8.78 Å². The summed E-state index contributed by atoms with van der Waals surface area (Å²) in [6.45, 7) is 0. The van der Waals surface area contributed by atoms with Crippen LogP contribution < -0.4 is 0 Å². The van der Waals surface area contributed by atoms with Gasteiger partial charge in [0.25, 0.3) is 0 Å². The van der Waals surface area contributed by atoms with Gasteiger partial charge in [0.05, 0.1) is 5.16 Å². The van der Waals surface area contributed by atoms with Gasteiger partial charge in [-0.3, -0.25) is 0 Å². The maximum Gasteiger partial charge on any atom is 0.153 e. The van der Waals surface area contributed by atoms with Crippen molar-refractivity contribution in [2.75, 3.05) is 0 Å². The summed E-state index contributed by atoms with van der Waals surface area (Å²) < 4.78 is 27.8. The Kier molecular flexibility index (Phi) is 4.38. The highest BCUT2D eigenvalue weighted by atomic mass is 32.1. The van der Waals surface area contributed by atoms with Crippen LogP contribution in [0.2, 0.25) is 0 Å². The molecule has 23 heavy (non-hydrogen) atoms. The normalized spacial score (nSPS) is 10.2. The molecule has 0 radical (unpaired) electrons. The minimum Gasteiger partial charge on any atom is -0.204 e. The van der Waals surface area contributed by atoms with Gasteiger partial charge < -0.3 is 0 Å². The monoisotopic (exact) mass is 323 g/mol. The largest absolute Gasteiger partial charge is 0.204 e. The maximum atomic E-state index is 13.9. The van der Waals surface area contributed by atoms with Gasteiger partial charge in [0.2, 0.25) is 0 Å². The van der Waals surface area contributed by atoms with Crippen molar-refractivity contribution in [3.8, 4) is 22.3 Å². The molecule has 112 valence electrons. The van der Waals surface area contributed by atoms with E-state index in [0.29, 0.717) is 5.56 Å². The quantitative estimate of drug-likeness (QED) is 0.423. The highest BCUT2D eigenvalue weighted by Crippen LogP contribution is 2.30. The fraction of sp³-hybridized carbons (Fsp3) is 0. The molecular weight excluding hydrogens is 312 g/mol. The van der Waals surface area contributed by atoms with Crippen LogP contribution in [0, 0.1) is 11.6 Å². The smallest absolute Gasteiger partial charge is 0.153 e. The first-order valence-electron chi connectivity index (χ1n) is 6.92. The SMILES string of the molecule is Fc1cc(-c2ccc(-c3ccccc3)cc2)cc(F)c1N=C=S. The lowest BCUT2D eigenvalue weighted by Gasteiger charge is -2.07. The van der Waals surface area contributed by atoms with Crippen molar-refractivity contribution in [3.05, 3.63) is 78.4 Å². The zero-order valence-electron chi connectivity index (χ0n) is 12.0. The maximum absolute atomic E-state index is 13.9. The Morgan fingerprint density at radius 3 is 1.70 bits per heavy atom. The highest BCUT2D eigenvalue weighted by Gasteiger charge is 2.11. The summed E-state index contributed by atoms with van der Waals surface area (Å²) in [5, 5.41) is 1.98. The van der Waals surface area contributed by atoms with Gasteiger partial charge in [-0.05, 0) is 46.6 Å². The number of hydrogen-bond acceptors (Lipinski definition) is 2. The van der Waals surface area contributed by atoms with Gasteiger partial charge in [-0.15, -0.1) is 0 Å². The van der Waals surface area contributed by atoms with E-state index in [-0.39, 0.29) is 0 Å². The second kappa shape index (κ2) is 6.61. The van der Waals surface area contributed by atoms with Crippen LogP contribution in [0.5, 0.6) is 0 Å². The van der Waals surface area contributed by atoms with Crippen molar-refractivity contribution in [1.82, 2.24) is 0 Å². The molecule has 0 spiro atoms. The first kappa shape index (κ1) is 15.2. The van der Waals surface area contributed by atoms with Crippen LogP contribution in [0.3, 0.4) is 0 Å². The van der Waals surface area contributed by atoms with Crippen molar-refractivity contribution in [2.45, 2.75) is 0 Å². The number of halogens is 2. The Morgan fingerprint density at radius 2 is 1.17 bits per heavy atom. The van der Waals surface area contributed by atoms with E-state index in [2.05, 4.69) is 17.2 Å². The number of hydrogen-bond donors (Lipinski definition) is 0. The molecule has 0 amide bonds. The Balaban J connectivity index is 1.98. The number of benzene rings is 3. The van der Waals surface area contributed by atoms with E-state index in [1.54, 1.807) is 0 Å². The Bertz CT molecular complexity index is 860. The first-order chi connectivity index (χ1) is 11.2. The summed E-state index contributed by atoms with van der Waals surface area (Å²) in [6.07, 6.45) is 0. The molecule has 0 aliphatic rings. The van der Waals surface area contributed by atoms with Gasteiger partial charge >= 0.3 is 0 Å². The van der Waals surface area contributed by atoms with E-state index in [9.17, 15) is 8.78 Å². The summed E-state index contributed by atoms with van der Waals surface area (Å²) in [5.74, 6) is -1.52. The molecule has 1 nitrogen and oxygen atoms in total. The molecule has 3 rings (SSSR count). The van der Waals surface area contributed by atoms with Crippen LogP contribution in [0.25, 0.3) is 22.3 Å². The molecule has 0 fully saturated rings. The minimum absolute atomic E-state index is 0.412. The van der Waals surface area contributed by atoms with Gasteiger partial charge in [-0.2, -0.15) is 4.99 Å². The third kappa shape index (κ3) is 3.24. The molecule has 4 heteroatoms. The third-order valence-electron chi connectivity index (χ3n) is 3.50. The summed E-state index contributed by atoms with van der Waals surface area (Å²) >= 11 is 4.39. The van der Waals surface area contributed by atoms with Crippen molar-refractivity contribution >= 4 is 23.1 Å². The first-order valence-corrected chi connectivity index (χ1v) is 7.32. The molecule has 0 aliphatic carbocycles. The molecule has 3 aromatic rings. The summed E-state index contributed by atoms with van der Waals surface area (Å²) in [4.78, 5) is 3.41. The van der Waals surface area contributed by atoms with E-state index < -0.39 is 17.3 Å². The minimum atomic E-state index is -0.760. The number of thiocarbonyl (C=S) groups is 1. The second-order valence-corrected chi connectivity index (χ2v) is 5.12. The van der Waals surface area contributed by atoms with Gasteiger partial charge in [0, 0.05) is 0 Å². The fourth-order valence-electron chi connectivity index (χ4n) is 2.37. The van der Waals surface area contributed by atoms with E-state index >= 15 is 0 Å². The van der Waals surface area contributed by atoms with Crippen LogP contribution in [0.15, 0.2) is 71.7 Å². The van der Waals surface area contributed by atoms with Gasteiger partial charge in [0.15, 0.2) is 11.6 Å². The van der Waals surface area contributed by atoms with Crippen LogP contribution >= 0.6 is 12.2 Å². The average Bonchev–Trinajstić information content (AvgIpc) is 2.59. The molecular formula is C19H11F2NS. The van der Waals surface area contributed by atoms with E-state index in [1.807, 2.05) is 59.8 Å². The molecule has 3 aromatic carbocycles. The fourth-order valence-corrected chi connectivity index (χ4v) is 2.46. The third-order valence-corrected chi connectivity index (χ3v) is 3.59. The highest BCUT2D eigenvalue weighted by molar-refractivity contribution is 7.78. The average molecular weight is 323 g/mol. The molecule has 0 unspecified atom stereocenters. The van der Waals surface area contributed by atoms with E-state index in [4.69, 9.17) is 0 Å². The summed E-state index contributed by atoms with van der Waals surface area (Å²) in [6, 6.07) is 19.9. The predicted molar refractivity (Wildman–Crippen MR) is 91.9 cm³/mol. The van der Waals surface area contributed by atoms with E-state index in [1.165, 1.54) is 12.1 Å². The number of nitrogens with zero attached hydrogens (tertiary/aromatic N) is 1. The van der Waals surface area contributed by atoms with Gasteiger partial charge in [-0.1, -0.05) is 54.6 Å². The van der Waals surface area contributed by atoms with Gasteiger partial charge in [0.1, 0.15) is 5.69 Å². The predicted octanol–water partition coefficient (Wildman–Crippen LogP) is 6.03. The molecule has 0 saturated heterocycles. The van der Waals surface area contributed by atoms with Crippen molar-refractivity contribution in [1.29, 1.82) is 0 Å². The lowest BCUT2D eigenvalue weighted by molar-refractivity contribution is 0.588. The van der Waals surface area contributed by atoms with Crippen LogP contribution in [-0.2, 0) is 0 Å². The van der Waals surface area contributed by atoms with Crippen molar-refractivity contribution in [3.63, 3.8) is 0 Å². The number of isothiocyanates is 1. The molecule has 0 aliphatic heterocycles. The van der Waals surface area contributed by atoms with Gasteiger partial charge in [-0.25, -0.2) is 8.78 Å². The lowest BCUT2D eigenvalue weighted by Crippen LogP contribution is -1.87. The number of rotatable bonds is 3. The van der Waals surface area contributed by atoms with Crippen LogP contribution in [0.1, 0.15) is 0 Å². The van der Waals surface area contributed by atoms with Crippen LogP contribution in [0.4, 0.5) is 14.5 Å². The Hall–Kier alpha value is -2.68. The van der Waals surface area contributed by atoms with Crippen molar-refractivity contribution in [2.24, 2.45) is 4.99 Å². The van der Waals surface area contributed by atoms with E-state index in [0.717, 1.165) is 16.7 Å². The molecule has 0 saturated carbocycles. The zero-order valence-corrected chi connectivity index (χ0v) is 12.8. The van der Waals surface area contributed by atoms with Crippen LogP contribution in [-0.4, -0.2) is 5.16 Å². The summed E-state index contributed by atoms with van der Waals surface area (Å²) in [5.41, 5.74) is 2.88.